The molecule has 0 spiro atoms. The van der Waals surface area contributed by atoms with E-state index in [1.165, 1.54) is 29.8 Å². The van der Waals surface area contributed by atoms with E-state index in [2.05, 4.69) is 45.2 Å². The lowest BCUT2D eigenvalue weighted by Crippen LogP contribution is -2.34. The summed E-state index contributed by atoms with van der Waals surface area (Å²) in [7, 11) is 0. The highest BCUT2D eigenvalue weighted by Gasteiger charge is 2.23. The van der Waals surface area contributed by atoms with Crippen molar-refractivity contribution < 1.29 is 0 Å². The summed E-state index contributed by atoms with van der Waals surface area (Å²) in [4.78, 5) is 11.8. The summed E-state index contributed by atoms with van der Waals surface area (Å²) < 4.78 is 0. The van der Waals surface area contributed by atoms with Gasteiger partial charge in [-0.15, -0.1) is 0 Å². The molecule has 3 aromatic rings. The van der Waals surface area contributed by atoms with Crippen LogP contribution in [-0.2, 0) is 6.54 Å². The molecule has 3 aromatic heterocycles. The maximum absolute atomic E-state index is 4.76. The van der Waals surface area contributed by atoms with E-state index in [1.54, 1.807) is 0 Å². The van der Waals surface area contributed by atoms with Crippen molar-refractivity contribution in [2.45, 2.75) is 32.2 Å². The molecule has 1 saturated heterocycles. The highest BCUT2D eigenvalue weighted by atomic mass is 15.2. The molecule has 0 unspecified atom stereocenters. The van der Waals surface area contributed by atoms with Gasteiger partial charge in [-0.2, -0.15) is 5.10 Å². The Hall–Kier alpha value is -2.27. The molecule has 0 amide bonds. The average molecular weight is 307 g/mol. The number of likely N-dealkylation sites (tertiary alicyclic amines) is 1. The van der Waals surface area contributed by atoms with Crippen molar-refractivity contribution >= 4 is 11.0 Å². The van der Waals surface area contributed by atoms with Crippen LogP contribution in [0.2, 0.25) is 0 Å². The van der Waals surface area contributed by atoms with Crippen molar-refractivity contribution in [3.05, 3.63) is 53.6 Å². The second-order valence-corrected chi connectivity index (χ2v) is 6.39. The average Bonchev–Trinajstić information content (AvgIpc) is 3.05. The summed E-state index contributed by atoms with van der Waals surface area (Å²) in [5.41, 5.74) is 4.51. The van der Waals surface area contributed by atoms with E-state index in [1.807, 2.05) is 18.5 Å². The van der Waals surface area contributed by atoms with E-state index < -0.39 is 0 Å². The van der Waals surface area contributed by atoms with Crippen LogP contribution < -0.4 is 0 Å². The second-order valence-electron chi connectivity index (χ2n) is 6.39. The van der Waals surface area contributed by atoms with E-state index in [-0.39, 0.29) is 0 Å². The minimum absolute atomic E-state index is 0.487. The van der Waals surface area contributed by atoms with Gasteiger partial charge in [0.05, 0.1) is 11.9 Å². The zero-order chi connectivity index (χ0) is 15.6. The normalized spacial score (nSPS) is 19.3. The topological polar surface area (TPSA) is 57.7 Å². The first kappa shape index (κ1) is 14.3. The maximum atomic E-state index is 4.76. The van der Waals surface area contributed by atoms with Crippen molar-refractivity contribution in [2.75, 3.05) is 13.1 Å². The summed E-state index contributed by atoms with van der Waals surface area (Å²) in [5, 5.41) is 8.11. The molecule has 0 aliphatic carbocycles. The van der Waals surface area contributed by atoms with Crippen molar-refractivity contribution in [2.24, 2.45) is 0 Å². The summed E-state index contributed by atoms with van der Waals surface area (Å²) in [6.07, 6.45) is 6.12. The largest absolute Gasteiger partial charge is 0.297 e. The van der Waals surface area contributed by atoms with Crippen LogP contribution in [0.25, 0.3) is 11.0 Å². The molecule has 0 bridgehead atoms. The second kappa shape index (κ2) is 6.08. The lowest BCUT2D eigenvalue weighted by atomic mass is 9.94. The van der Waals surface area contributed by atoms with Crippen molar-refractivity contribution in [3.8, 4) is 0 Å². The van der Waals surface area contributed by atoms with E-state index in [4.69, 9.17) is 4.98 Å². The molecule has 5 heteroatoms. The Kier molecular flexibility index (Phi) is 3.79. The monoisotopic (exact) mass is 307 g/mol. The maximum Gasteiger partial charge on any atom is 0.155 e. The van der Waals surface area contributed by atoms with Gasteiger partial charge in [-0.25, -0.2) is 4.98 Å². The molecular weight excluding hydrogens is 286 g/mol. The first-order chi connectivity index (χ1) is 11.3. The summed E-state index contributed by atoms with van der Waals surface area (Å²) >= 11 is 0. The van der Waals surface area contributed by atoms with E-state index >= 15 is 0 Å². The van der Waals surface area contributed by atoms with Gasteiger partial charge in [0.25, 0.3) is 0 Å². The van der Waals surface area contributed by atoms with Gasteiger partial charge in [0, 0.05) is 36.3 Å². The van der Waals surface area contributed by atoms with Gasteiger partial charge in [-0.1, -0.05) is 6.07 Å². The standard InChI is InChI=1S/C18H21N5/c1-13-4-2-8-19-17(13)12-23-9-3-5-15(11-23)16-7-6-14-10-20-22-18(14)21-16/h2,4,6-8,10,15H,3,5,9,11-12H2,1H3,(H,20,21,22)/t15-/m0/s1. The van der Waals surface area contributed by atoms with Crippen LogP contribution in [-0.4, -0.2) is 38.2 Å². The zero-order valence-electron chi connectivity index (χ0n) is 13.4. The Balaban J connectivity index is 1.51. The summed E-state index contributed by atoms with van der Waals surface area (Å²) in [6.45, 7) is 5.24. The van der Waals surface area contributed by atoms with Crippen molar-refractivity contribution in [1.29, 1.82) is 0 Å². The van der Waals surface area contributed by atoms with Crippen LogP contribution in [0.1, 0.15) is 35.7 Å². The van der Waals surface area contributed by atoms with Crippen molar-refractivity contribution in [3.63, 3.8) is 0 Å². The fraction of sp³-hybridized carbons (Fsp3) is 0.389. The molecule has 1 N–H and O–H groups in total. The zero-order valence-corrected chi connectivity index (χ0v) is 13.4. The Morgan fingerprint density at radius 1 is 1.30 bits per heavy atom. The molecule has 0 aromatic carbocycles. The smallest absolute Gasteiger partial charge is 0.155 e. The van der Waals surface area contributed by atoms with Gasteiger partial charge >= 0.3 is 0 Å². The van der Waals surface area contributed by atoms with E-state index in [0.717, 1.165) is 30.7 Å². The molecule has 1 atom stereocenters. The van der Waals surface area contributed by atoms with E-state index in [9.17, 15) is 0 Å². The number of hydrogen-bond acceptors (Lipinski definition) is 4. The number of nitrogens with one attached hydrogen (secondary N) is 1. The quantitative estimate of drug-likeness (QED) is 0.808. The van der Waals surface area contributed by atoms with Crippen LogP contribution in [0.5, 0.6) is 0 Å². The predicted molar refractivity (Wildman–Crippen MR) is 90.1 cm³/mol. The van der Waals surface area contributed by atoms with Gasteiger partial charge in [0.1, 0.15) is 0 Å². The molecule has 5 nitrogen and oxygen atoms in total. The third kappa shape index (κ3) is 2.97. The molecule has 4 rings (SSSR count). The van der Waals surface area contributed by atoms with Gasteiger partial charge in [0.2, 0.25) is 0 Å². The van der Waals surface area contributed by atoms with Gasteiger partial charge in [-0.05, 0) is 50.1 Å². The summed E-state index contributed by atoms with van der Waals surface area (Å²) in [5.74, 6) is 0.487. The van der Waals surface area contributed by atoms with Crippen LogP contribution in [0.3, 0.4) is 0 Å². The lowest BCUT2D eigenvalue weighted by molar-refractivity contribution is 0.196. The van der Waals surface area contributed by atoms with Crippen LogP contribution in [0, 0.1) is 6.92 Å². The third-order valence-corrected chi connectivity index (χ3v) is 4.74. The number of pyridine rings is 2. The minimum atomic E-state index is 0.487. The number of H-pyrrole nitrogens is 1. The molecule has 1 aliphatic heterocycles. The number of aromatic nitrogens is 4. The first-order valence-electron chi connectivity index (χ1n) is 8.22. The summed E-state index contributed by atoms with van der Waals surface area (Å²) in [6, 6.07) is 8.40. The fourth-order valence-electron chi connectivity index (χ4n) is 3.41. The Bertz CT molecular complexity index is 810. The van der Waals surface area contributed by atoms with Crippen LogP contribution in [0.4, 0.5) is 0 Å². The molecule has 1 fully saturated rings. The number of piperidine rings is 1. The van der Waals surface area contributed by atoms with Gasteiger partial charge < -0.3 is 0 Å². The lowest BCUT2D eigenvalue weighted by Gasteiger charge is -2.32. The Labute approximate surface area is 135 Å². The number of nitrogens with zero attached hydrogens (tertiary/aromatic N) is 4. The molecule has 0 radical (unpaired) electrons. The number of hydrogen-bond donors (Lipinski definition) is 1. The fourth-order valence-corrected chi connectivity index (χ4v) is 3.41. The molecule has 0 saturated carbocycles. The predicted octanol–water partition coefficient (Wildman–Crippen LogP) is 3.04. The molecule has 1 aliphatic rings. The van der Waals surface area contributed by atoms with Gasteiger partial charge in [0.15, 0.2) is 5.65 Å². The number of fused-ring (bicyclic) bond motifs is 1. The first-order valence-corrected chi connectivity index (χ1v) is 8.22. The number of rotatable bonds is 3. The number of aromatic amines is 1. The molecule has 118 valence electrons. The molecule has 4 heterocycles. The SMILES string of the molecule is Cc1cccnc1CN1CCC[C@H](c2ccc3cn[nH]c3n2)C1. The van der Waals surface area contributed by atoms with Crippen molar-refractivity contribution in [1.82, 2.24) is 25.1 Å². The van der Waals surface area contributed by atoms with E-state index in [0.29, 0.717) is 5.92 Å². The highest BCUT2D eigenvalue weighted by Crippen LogP contribution is 2.27. The molecular formula is C18H21N5. The Morgan fingerprint density at radius 2 is 2.26 bits per heavy atom. The minimum Gasteiger partial charge on any atom is -0.297 e. The Morgan fingerprint density at radius 3 is 3.17 bits per heavy atom. The van der Waals surface area contributed by atoms with Crippen LogP contribution >= 0.6 is 0 Å². The van der Waals surface area contributed by atoms with Gasteiger partial charge in [-0.3, -0.25) is 15.0 Å². The highest BCUT2D eigenvalue weighted by molar-refractivity contribution is 5.73. The molecule has 23 heavy (non-hydrogen) atoms. The third-order valence-electron chi connectivity index (χ3n) is 4.74. The van der Waals surface area contributed by atoms with Crippen LogP contribution in [0.15, 0.2) is 36.7 Å². The number of aryl methyl sites for hydroxylation is 1.